The van der Waals surface area contributed by atoms with Gasteiger partial charge in [-0.3, -0.25) is 4.79 Å². The summed E-state index contributed by atoms with van der Waals surface area (Å²) in [5.74, 6) is -0.381. The maximum absolute atomic E-state index is 13.6. The van der Waals surface area contributed by atoms with Gasteiger partial charge < -0.3 is 4.90 Å². The van der Waals surface area contributed by atoms with Crippen LogP contribution in [0.5, 0.6) is 0 Å². The minimum Gasteiger partial charge on any atom is -0.363 e. The summed E-state index contributed by atoms with van der Waals surface area (Å²) in [4.78, 5) is 15.3. The molecule has 0 radical (unpaired) electrons. The van der Waals surface area contributed by atoms with Crippen LogP contribution in [0.4, 0.5) is 0 Å². The van der Waals surface area contributed by atoms with Crippen molar-refractivity contribution in [2.75, 3.05) is 14.1 Å². The topological polar surface area (TPSA) is 70.1 Å². The molecule has 7 heteroatoms. The molecule has 30 heavy (non-hydrogen) atoms. The lowest BCUT2D eigenvalue weighted by molar-refractivity contribution is 0.0808. The number of nitrogens with zero attached hydrogens (tertiary/aromatic N) is 3. The van der Waals surface area contributed by atoms with E-state index in [0.29, 0.717) is 11.1 Å². The molecule has 0 N–H and O–H groups in total. The van der Waals surface area contributed by atoms with E-state index in [1.54, 1.807) is 49.3 Å². The second-order valence-corrected chi connectivity index (χ2v) is 8.61. The van der Waals surface area contributed by atoms with E-state index < -0.39 is 21.7 Å². The Morgan fingerprint density at radius 3 is 1.67 bits per heavy atom. The number of amides is 1. The zero-order chi connectivity index (χ0) is 21.4. The molecule has 0 saturated carbocycles. The molecule has 1 aliphatic heterocycles. The molecule has 0 bridgehead atoms. The summed E-state index contributed by atoms with van der Waals surface area (Å²) in [6, 6.07) is 26.7. The molecule has 1 amide bonds. The van der Waals surface area contributed by atoms with Crippen LogP contribution in [0.1, 0.15) is 21.5 Å². The molecule has 0 aromatic heterocycles. The quantitative estimate of drug-likeness (QED) is 0.653. The van der Waals surface area contributed by atoms with Crippen molar-refractivity contribution in [2.45, 2.75) is 5.54 Å². The summed E-state index contributed by atoms with van der Waals surface area (Å²) in [5.41, 5.74) is 0.105. The average molecular weight is 420 g/mol. The van der Waals surface area contributed by atoms with Crippen molar-refractivity contribution < 1.29 is 13.2 Å². The second kappa shape index (κ2) is 7.42. The van der Waals surface area contributed by atoms with Gasteiger partial charge in [-0.15, -0.1) is 4.40 Å². The van der Waals surface area contributed by atoms with E-state index in [4.69, 9.17) is 0 Å². The van der Waals surface area contributed by atoms with E-state index in [0.717, 1.165) is 4.31 Å². The van der Waals surface area contributed by atoms with Crippen LogP contribution >= 0.6 is 0 Å². The molecule has 0 fully saturated rings. The summed E-state index contributed by atoms with van der Waals surface area (Å²) in [6.45, 7) is 0. The summed E-state index contributed by atoms with van der Waals surface area (Å²) in [6.07, 6.45) is 0. The zero-order valence-corrected chi connectivity index (χ0v) is 17.5. The van der Waals surface area contributed by atoms with E-state index in [2.05, 4.69) is 4.40 Å². The fourth-order valence-electron chi connectivity index (χ4n) is 3.86. The van der Waals surface area contributed by atoms with E-state index in [9.17, 15) is 13.2 Å². The maximum atomic E-state index is 13.6. The third kappa shape index (κ3) is 2.98. The Morgan fingerprint density at radius 2 is 1.23 bits per heavy atom. The SMILES string of the molecule is CN(C)C1=NS(=O)(=O)N(C(=O)c2ccccc2)C1(c1ccccc1)c1ccccc1. The first-order valence-electron chi connectivity index (χ1n) is 9.42. The van der Waals surface area contributed by atoms with Crippen LogP contribution in [-0.4, -0.2) is 43.5 Å². The molecule has 6 nitrogen and oxygen atoms in total. The number of rotatable bonds is 3. The van der Waals surface area contributed by atoms with Crippen molar-refractivity contribution in [1.29, 1.82) is 0 Å². The van der Waals surface area contributed by atoms with Crippen LogP contribution in [0.15, 0.2) is 95.4 Å². The highest BCUT2D eigenvalue weighted by molar-refractivity contribution is 7.89. The molecule has 0 spiro atoms. The van der Waals surface area contributed by atoms with Crippen LogP contribution in [0.25, 0.3) is 0 Å². The number of amidine groups is 1. The van der Waals surface area contributed by atoms with Gasteiger partial charge >= 0.3 is 10.2 Å². The lowest BCUT2D eigenvalue weighted by atomic mass is 9.80. The number of benzene rings is 3. The fraction of sp³-hybridized carbons (Fsp3) is 0.130. The Balaban J connectivity index is 2.10. The normalized spacial score (nSPS) is 16.7. The van der Waals surface area contributed by atoms with Crippen LogP contribution in [0.3, 0.4) is 0 Å². The lowest BCUT2D eigenvalue weighted by Crippen LogP contribution is -2.55. The summed E-state index contributed by atoms with van der Waals surface area (Å²) >= 11 is 0. The molecule has 0 saturated heterocycles. The third-order valence-corrected chi connectivity index (χ3v) is 6.38. The molecular weight excluding hydrogens is 398 g/mol. The first kappa shape index (κ1) is 19.8. The zero-order valence-electron chi connectivity index (χ0n) is 16.6. The van der Waals surface area contributed by atoms with E-state index in [-0.39, 0.29) is 11.4 Å². The standard InChI is InChI=1S/C23H21N3O3S/c1-25(2)22-23(19-14-8-4-9-15-19,20-16-10-5-11-17-20)26(30(28,29)24-22)21(27)18-12-6-3-7-13-18/h3-17H,1-2H3. The predicted molar refractivity (Wildman–Crippen MR) is 116 cm³/mol. The Kier molecular flexibility index (Phi) is 4.91. The van der Waals surface area contributed by atoms with Gasteiger partial charge in [0.15, 0.2) is 11.4 Å². The van der Waals surface area contributed by atoms with Gasteiger partial charge in [0.05, 0.1) is 0 Å². The summed E-state index contributed by atoms with van der Waals surface area (Å²) < 4.78 is 31.7. The molecule has 0 aliphatic carbocycles. The molecule has 3 aromatic carbocycles. The Labute approximate surface area is 176 Å². The van der Waals surface area contributed by atoms with Crippen molar-refractivity contribution in [1.82, 2.24) is 9.21 Å². The molecule has 3 aromatic rings. The lowest BCUT2D eigenvalue weighted by Gasteiger charge is -2.40. The van der Waals surface area contributed by atoms with Gasteiger partial charge in [0.25, 0.3) is 5.91 Å². The van der Waals surface area contributed by atoms with Crippen molar-refractivity contribution in [3.05, 3.63) is 108 Å². The van der Waals surface area contributed by atoms with Gasteiger partial charge in [-0.1, -0.05) is 78.9 Å². The van der Waals surface area contributed by atoms with Gasteiger partial charge in [-0.2, -0.15) is 12.7 Å². The highest BCUT2D eigenvalue weighted by Crippen LogP contribution is 2.45. The van der Waals surface area contributed by atoms with Gasteiger partial charge in [0.2, 0.25) is 0 Å². The Morgan fingerprint density at radius 1 is 0.800 bits per heavy atom. The number of likely N-dealkylation sites (N-methyl/N-ethyl adjacent to an activating group) is 1. The monoisotopic (exact) mass is 419 g/mol. The van der Waals surface area contributed by atoms with E-state index in [1.165, 1.54) is 0 Å². The minimum absolute atomic E-state index is 0.254. The highest BCUT2D eigenvalue weighted by atomic mass is 32.2. The van der Waals surface area contributed by atoms with Crippen LogP contribution in [-0.2, 0) is 15.7 Å². The van der Waals surface area contributed by atoms with Gasteiger partial charge in [-0.05, 0) is 23.3 Å². The van der Waals surface area contributed by atoms with Gasteiger partial charge in [0.1, 0.15) is 0 Å². The number of carbonyl (C=O) groups excluding carboxylic acids is 1. The maximum Gasteiger partial charge on any atom is 0.350 e. The summed E-state index contributed by atoms with van der Waals surface area (Å²) in [5, 5.41) is 0. The molecular formula is C23H21N3O3S. The first-order valence-corrected chi connectivity index (χ1v) is 10.8. The van der Waals surface area contributed by atoms with Crippen molar-refractivity contribution in [3.8, 4) is 0 Å². The van der Waals surface area contributed by atoms with Crippen molar-refractivity contribution >= 4 is 22.0 Å². The van der Waals surface area contributed by atoms with Crippen LogP contribution < -0.4 is 0 Å². The van der Waals surface area contributed by atoms with Gasteiger partial charge in [0, 0.05) is 19.7 Å². The predicted octanol–water partition coefficient (Wildman–Crippen LogP) is 3.29. The number of carbonyl (C=O) groups is 1. The second-order valence-electron chi connectivity index (χ2n) is 7.17. The smallest absolute Gasteiger partial charge is 0.350 e. The number of hydrogen-bond acceptors (Lipinski definition) is 4. The van der Waals surface area contributed by atoms with Crippen LogP contribution in [0.2, 0.25) is 0 Å². The molecule has 0 unspecified atom stereocenters. The van der Waals surface area contributed by atoms with E-state index >= 15 is 0 Å². The fourth-order valence-corrected chi connectivity index (χ4v) is 5.41. The molecule has 4 rings (SSSR count). The Hall–Kier alpha value is -3.45. The van der Waals surface area contributed by atoms with E-state index in [1.807, 2.05) is 60.7 Å². The molecule has 0 atom stereocenters. The van der Waals surface area contributed by atoms with Crippen LogP contribution in [0, 0.1) is 0 Å². The minimum atomic E-state index is -4.30. The Bertz CT molecular complexity index is 1150. The van der Waals surface area contributed by atoms with Gasteiger partial charge in [-0.25, -0.2) is 0 Å². The average Bonchev–Trinajstić information content (AvgIpc) is 3.03. The molecule has 152 valence electrons. The number of hydrogen-bond donors (Lipinski definition) is 0. The third-order valence-electron chi connectivity index (χ3n) is 5.07. The van der Waals surface area contributed by atoms with Crippen molar-refractivity contribution in [2.24, 2.45) is 4.40 Å². The highest BCUT2D eigenvalue weighted by Gasteiger charge is 2.59. The molecule has 1 heterocycles. The molecule has 1 aliphatic rings. The largest absolute Gasteiger partial charge is 0.363 e. The van der Waals surface area contributed by atoms with Crippen molar-refractivity contribution in [3.63, 3.8) is 0 Å². The first-order chi connectivity index (χ1) is 14.4. The summed E-state index contributed by atoms with van der Waals surface area (Å²) in [7, 11) is -0.847.